The molecule has 1 saturated heterocycles. The number of thiocarbonyl (C=S) groups is 1. The Morgan fingerprint density at radius 3 is 2.41 bits per heavy atom. The summed E-state index contributed by atoms with van der Waals surface area (Å²) >= 11 is 11.0. The van der Waals surface area contributed by atoms with Gasteiger partial charge in [-0.05, 0) is 24.4 Å². The third-order valence-corrected chi connectivity index (χ3v) is 2.98. The Kier molecular flexibility index (Phi) is 3.40. The molecule has 2 rings (SSSR count). The molecule has 1 aromatic carbocycles. The first-order chi connectivity index (χ1) is 8.09. The van der Waals surface area contributed by atoms with Gasteiger partial charge in [0.2, 0.25) is 11.8 Å². The fraction of sp³-hybridized carbons (Fsp3) is 0.182. The maximum absolute atomic E-state index is 11.4. The molecule has 88 valence electrons. The van der Waals surface area contributed by atoms with Crippen molar-refractivity contribution < 1.29 is 9.59 Å². The van der Waals surface area contributed by atoms with Gasteiger partial charge < -0.3 is 5.32 Å². The maximum atomic E-state index is 11.4. The van der Waals surface area contributed by atoms with Crippen molar-refractivity contribution in [2.24, 2.45) is 0 Å². The summed E-state index contributed by atoms with van der Waals surface area (Å²) in [7, 11) is 0. The number of hydrogen-bond donors (Lipinski definition) is 1. The largest absolute Gasteiger partial charge is 0.331 e. The van der Waals surface area contributed by atoms with E-state index in [1.54, 1.807) is 24.3 Å². The number of amides is 2. The molecule has 17 heavy (non-hydrogen) atoms. The average molecular weight is 269 g/mol. The summed E-state index contributed by atoms with van der Waals surface area (Å²) in [6.45, 7) is 0. The normalized spacial score (nSPS) is 15.2. The van der Waals surface area contributed by atoms with Gasteiger partial charge in [0.05, 0.1) is 10.7 Å². The Hall–Kier alpha value is -1.46. The van der Waals surface area contributed by atoms with Gasteiger partial charge in [-0.25, -0.2) is 4.90 Å². The maximum Gasteiger partial charge on any atom is 0.236 e. The topological polar surface area (TPSA) is 49.4 Å². The number of imide groups is 1. The van der Waals surface area contributed by atoms with Gasteiger partial charge in [0.1, 0.15) is 0 Å². The molecule has 0 bridgehead atoms. The molecule has 1 aliphatic rings. The van der Waals surface area contributed by atoms with Crippen molar-refractivity contribution in [3.05, 3.63) is 29.3 Å². The van der Waals surface area contributed by atoms with Crippen molar-refractivity contribution in [2.45, 2.75) is 12.8 Å². The second kappa shape index (κ2) is 4.81. The van der Waals surface area contributed by atoms with Crippen LogP contribution in [0.4, 0.5) is 5.69 Å². The summed E-state index contributed by atoms with van der Waals surface area (Å²) in [5, 5.41) is 3.35. The molecular formula is C11H9ClN2O2S. The third-order valence-electron chi connectivity index (χ3n) is 2.37. The highest BCUT2D eigenvalue weighted by atomic mass is 35.5. The predicted molar refractivity (Wildman–Crippen MR) is 68.8 cm³/mol. The molecule has 1 fully saturated rings. The highest BCUT2D eigenvalue weighted by Crippen LogP contribution is 2.22. The molecule has 0 saturated carbocycles. The minimum absolute atomic E-state index is 0.0746. The lowest BCUT2D eigenvalue weighted by Gasteiger charge is -2.16. The molecule has 1 heterocycles. The molecule has 0 spiro atoms. The molecule has 0 atom stereocenters. The van der Waals surface area contributed by atoms with Crippen molar-refractivity contribution in [3.8, 4) is 0 Å². The minimum Gasteiger partial charge on any atom is -0.331 e. The highest BCUT2D eigenvalue weighted by molar-refractivity contribution is 7.80. The van der Waals surface area contributed by atoms with Crippen LogP contribution in [-0.4, -0.2) is 21.8 Å². The van der Waals surface area contributed by atoms with Gasteiger partial charge in [-0.15, -0.1) is 0 Å². The van der Waals surface area contributed by atoms with Crippen molar-refractivity contribution in [1.82, 2.24) is 4.90 Å². The lowest BCUT2D eigenvalue weighted by atomic mass is 10.3. The molecule has 4 nitrogen and oxygen atoms in total. The van der Waals surface area contributed by atoms with E-state index in [1.165, 1.54) is 0 Å². The van der Waals surface area contributed by atoms with Crippen molar-refractivity contribution in [2.75, 3.05) is 5.32 Å². The Labute approximate surface area is 109 Å². The quantitative estimate of drug-likeness (QED) is 0.627. The molecule has 0 radical (unpaired) electrons. The zero-order chi connectivity index (χ0) is 12.4. The molecule has 2 amide bonds. The van der Waals surface area contributed by atoms with Gasteiger partial charge in [-0.2, -0.15) is 0 Å². The van der Waals surface area contributed by atoms with E-state index in [0.29, 0.717) is 10.7 Å². The smallest absolute Gasteiger partial charge is 0.236 e. The number of hydrogen-bond acceptors (Lipinski definition) is 3. The van der Waals surface area contributed by atoms with E-state index >= 15 is 0 Å². The third kappa shape index (κ3) is 2.45. The number of carbonyl (C=O) groups excluding carboxylic acids is 2. The molecule has 0 aromatic heterocycles. The predicted octanol–water partition coefficient (Wildman–Crippen LogP) is 2.19. The standard InChI is InChI=1S/C11H9ClN2O2S/c12-7-3-1-2-4-8(7)13-11(17)14-9(15)5-6-10(14)16/h1-4H,5-6H2,(H,13,17). The number of benzene rings is 1. The van der Waals surface area contributed by atoms with Crippen LogP contribution in [0, 0.1) is 0 Å². The van der Waals surface area contributed by atoms with Crippen LogP contribution in [0.2, 0.25) is 5.02 Å². The molecule has 6 heteroatoms. The van der Waals surface area contributed by atoms with Crippen LogP contribution < -0.4 is 5.32 Å². The van der Waals surface area contributed by atoms with Crippen molar-refractivity contribution in [1.29, 1.82) is 0 Å². The molecule has 1 aliphatic heterocycles. The van der Waals surface area contributed by atoms with Crippen LogP contribution in [0.1, 0.15) is 12.8 Å². The average Bonchev–Trinajstić information content (AvgIpc) is 2.62. The summed E-state index contributed by atoms with van der Waals surface area (Å²) in [4.78, 5) is 23.9. The van der Waals surface area contributed by atoms with Gasteiger partial charge in [0.15, 0.2) is 5.11 Å². The number of likely N-dealkylation sites (tertiary alicyclic amines) is 1. The van der Waals surface area contributed by atoms with E-state index in [2.05, 4.69) is 5.32 Å². The van der Waals surface area contributed by atoms with Gasteiger partial charge in [-0.1, -0.05) is 23.7 Å². The van der Waals surface area contributed by atoms with Crippen LogP contribution in [0.15, 0.2) is 24.3 Å². The van der Waals surface area contributed by atoms with E-state index < -0.39 is 0 Å². The Balaban J connectivity index is 2.15. The van der Waals surface area contributed by atoms with E-state index in [1.807, 2.05) is 0 Å². The fourth-order valence-corrected chi connectivity index (χ4v) is 2.03. The Morgan fingerprint density at radius 2 is 1.82 bits per heavy atom. The number of halogens is 1. The highest BCUT2D eigenvalue weighted by Gasteiger charge is 2.32. The number of nitrogens with one attached hydrogen (secondary N) is 1. The van der Waals surface area contributed by atoms with E-state index in [9.17, 15) is 9.59 Å². The number of nitrogens with zero attached hydrogens (tertiary/aromatic N) is 1. The number of carbonyl (C=O) groups is 2. The van der Waals surface area contributed by atoms with Crippen molar-refractivity contribution >= 4 is 46.4 Å². The number of para-hydroxylation sites is 1. The summed E-state index contributed by atoms with van der Waals surface area (Å²) in [6.07, 6.45) is 0.423. The van der Waals surface area contributed by atoms with Gasteiger partial charge >= 0.3 is 0 Å². The lowest BCUT2D eigenvalue weighted by Crippen LogP contribution is -2.38. The van der Waals surface area contributed by atoms with Crippen LogP contribution in [-0.2, 0) is 9.59 Å². The molecular weight excluding hydrogens is 260 g/mol. The Morgan fingerprint density at radius 1 is 1.24 bits per heavy atom. The number of rotatable bonds is 1. The monoisotopic (exact) mass is 268 g/mol. The number of anilines is 1. The summed E-state index contributed by atoms with van der Waals surface area (Å²) < 4.78 is 0. The summed E-state index contributed by atoms with van der Waals surface area (Å²) in [5.41, 5.74) is 0.576. The molecule has 1 aromatic rings. The Bertz CT molecular complexity index is 488. The van der Waals surface area contributed by atoms with Crippen LogP contribution in [0.5, 0.6) is 0 Å². The van der Waals surface area contributed by atoms with Crippen LogP contribution in [0.3, 0.4) is 0 Å². The van der Waals surface area contributed by atoms with E-state index in [4.69, 9.17) is 23.8 Å². The first-order valence-corrected chi connectivity index (χ1v) is 5.79. The molecule has 1 N–H and O–H groups in total. The second-order valence-corrected chi connectivity index (χ2v) is 4.33. The van der Waals surface area contributed by atoms with Gasteiger partial charge in [-0.3, -0.25) is 9.59 Å². The van der Waals surface area contributed by atoms with Gasteiger partial charge in [0.25, 0.3) is 0 Å². The summed E-state index contributed by atoms with van der Waals surface area (Å²) in [6, 6.07) is 6.98. The zero-order valence-corrected chi connectivity index (χ0v) is 10.3. The minimum atomic E-state index is -0.278. The fourth-order valence-electron chi connectivity index (χ4n) is 1.54. The SMILES string of the molecule is O=C1CCC(=O)N1C(=S)Nc1ccccc1Cl. The van der Waals surface area contributed by atoms with E-state index in [0.717, 1.165) is 4.90 Å². The lowest BCUT2D eigenvalue weighted by molar-refractivity contribution is -0.133. The zero-order valence-electron chi connectivity index (χ0n) is 8.77. The second-order valence-electron chi connectivity index (χ2n) is 3.53. The van der Waals surface area contributed by atoms with Gasteiger partial charge in [0, 0.05) is 12.8 Å². The van der Waals surface area contributed by atoms with Crippen LogP contribution in [0.25, 0.3) is 0 Å². The van der Waals surface area contributed by atoms with Crippen LogP contribution >= 0.6 is 23.8 Å². The van der Waals surface area contributed by atoms with Crippen molar-refractivity contribution in [3.63, 3.8) is 0 Å². The molecule has 0 aliphatic carbocycles. The first-order valence-electron chi connectivity index (χ1n) is 5.01. The first kappa shape index (κ1) is 12.0. The van der Waals surface area contributed by atoms with E-state index in [-0.39, 0.29) is 29.8 Å². The molecule has 0 unspecified atom stereocenters. The summed E-state index contributed by atoms with van der Waals surface area (Å²) in [5.74, 6) is -0.556.